The molecule has 0 unspecified atom stereocenters. The van der Waals surface area contributed by atoms with Gasteiger partial charge in [0.25, 0.3) is 0 Å². The first-order chi connectivity index (χ1) is 11.6. The van der Waals surface area contributed by atoms with Crippen LogP contribution >= 0.6 is 0 Å². The van der Waals surface area contributed by atoms with Crippen molar-refractivity contribution in [1.82, 2.24) is 5.32 Å². The van der Waals surface area contributed by atoms with Crippen LogP contribution in [0.2, 0.25) is 0 Å². The number of carbonyl (C=O) groups excluding carboxylic acids is 2. The fourth-order valence-corrected chi connectivity index (χ4v) is 2.86. The molecule has 4 N–H and O–H groups in total. The molecule has 1 aromatic rings. The van der Waals surface area contributed by atoms with Gasteiger partial charge in [-0.25, -0.2) is 0 Å². The average molecular weight is 334 g/mol. The standard InChI is InChI=1S/C18H26N2O4/c19-17(22)16(18(23)20-14-8-10-24-11-9-14)12-15(21)7-6-13-4-2-1-3-5-13/h1-5,14-16,21H,6-12H2,(H2,19,22)(H,20,23)/t15-,16+/m0/s1. The fraction of sp³-hybridized carbons (Fsp3) is 0.556. The van der Waals surface area contributed by atoms with Gasteiger partial charge in [-0.1, -0.05) is 30.3 Å². The van der Waals surface area contributed by atoms with Crippen LogP contribution in [0.5, 0.6) is 0 Å². The molecule has 1 aromatic carbocycles. The Morgan fingerprint density at radius 2 is 1.92 bits per heavy atom. The summed E-state index contributed by atoms with van der Waals surface area (Å²) in [7, 11) is 0. The zero-order chi connectivity index (χ0) is 17.4. The first-order valence-corrected chi connectivity index (χ1v) is 8.45. The minimum Gasteiger partial charge on any atom is -0.393 e. The van der Waals surface area contributed by atoms with Crippen LogP contribution in [-0.2, 0) is 20.7 Å². The highest BCUT2D eigenvalue weighted by atomic mass is 16.5. The van der Waals surface area contributed by atoms with Gasteiger partial charge in [0, 0.05) is 19.3 Å². The SMILES string of the molecule is NC(=O)[C@@H](C[C@@H](O)CCc1ccccc1)C(=O)NC1CCOCC1. The lowest BCUT2D eigenvalue weighted by Gasteiger charge is -2.25. The van der Waals surface area contributed by atoms with E-state index in [1.807, 2.05) is 30.3 Å². The zero-order valence-corrected chi connectivity index (χ0v) is 13.8. The summed E-state index contributed by atoms with van der Waals surface area (Å²) in [5.74, 6) is -2.09. The zero-order valence-electron chi connectivity index (χ0n) is 13.8. The molecular weight excluding hydrogens is 308 g/mol. The number of amides is 2. The minimum absolute atomic E-state index is 0.00885. The molecule has 24 heavy (non-hydrogen) atoms. The highest BCUT2D eigenvalue weighted by Gasteiger charge is 2.29. The van der Waals surface area contributed by atoms with Gasteiger partial charge >= 0.3 is 0 Å². The molecule has 0 aliphatic carbocycles. The van der Waals surface area contributed by atoms with Gasteiger partial charge in [-0.15, -0.1) is 0 Å². The lowest BCUT2D eigenvalue weighted by Crippen LogP contribution is -2.46. The molecule has 0 bridgehead atoms. The number of hydrogen-bond donors (Lipinski definition) is 3. The molecule has 1 saturated heterocycles. The lowest BCUT2D eigenvalue weighted by atomic mass is 9.95. The van der Waals surface area contributed by atoms with Crippen LogP contribution in [0.1, 0.15) is 31.2 Å². The van der Waals surface area contributed by atoms with Crippen molar-refractivity contribution >= 4 is 11.8 Å². The Kier molecular flexibility index (Phi) is 7.21. The molecule has 2 rings (SSSR count). The van der Waals surface area contributed by atoms with Crippen LogP contribution < -0.4 is 11.1 Å². The van der Waals surface area contributed by atoms with Gasteiger partial charge < -0.3 is 20.9 Å². The second kappa shape index (κ2) is 9.39. The van der Waals surface area contributed by atoms with Crippen molar-refractivity contribution in [2.45, 2.75) is 44.2 Å². The van der Waals surface area contributed by atoms with Gasteiger partial charge in [-0.05, 0) is 37.7 Å². The Balaban J connectivity index is 1.82. The summed E-state index contributed by atoms with van der Waals surface area (Å²) in [6.45, 7) is 1.21. The first-order valence-electron chi connectivity index (χ1n) is 8.45. The molecule has 2 amide bonds. The van der Waals surface area contributed by atoms with E-state index in [2.05, 4.69) is 5.32 Å². The second-order valence-corrected chi connectivity index (χ2v) is 6.26. The van der Waals surface area contributed by atoms with E-state index in [0.29, 0.717) is 26.1 Å². The predicted molar refractivity (Wildman–Crippen MR) is 90.1 cm³/mol. The van der Waals surface area contributed by atoms with E-state index in [4.69, 9.17) is 10.5 Å². The number of aliphatic hydroxyl groups excluding tert-OH is 1. The molecule has 1 aliphatic rings. The molecule has 1 aliphatic heterocycles. The fourth-order valence-electron chi connectivity index (χ4n) is 2.86. The highest BCUT2D eigenvalue weighted by Crippen LogP contribution is 2.14. The van der Waals surface area contributed by atoms with Gasteiger partial charge in [-0.3, -0.25) is 9.59 Å². The Bertz CT molecular complexity index is 529. The summed E-state index contributed by atoms with van der Waals surface area (Å²) >= 11 is 0. The Labute approximate surface area is 142 Å². The lowest BCUT2D eigenvalue weighted by molar-refractivity contribution is -0.135. The Hall–Kier alpha value is -1.92. The minimum atomic E-state index is -1.00. The molecule has 6 nitrogen and oxygen atoms in total. The summed E-state index contributed by atoms with van der Waals surface area (Å²) in [6.07, 6.45) is 1.94. The molecular formula is C18H26N2O4. The first kappa shape index (κ1) is 18.4. The monoisotopic (exact) mass is 334 g/mol. The molecule has 1 fully saturated rings. The molecule has 2 atom stereocenters. The molecule has 0 radical (unpaired) electrons. The van der Waals surface area contributed by atoms with Crippen molar-refractivity contribution < 1.29 is 19.4 Å². The molecule has 1 heterocycles. The van der Waals surface area contributed by atoms with E-state index in [0.717, 1.165) is 18.4 Å². The molecule has 132 valence electrons. The van der Waals surface area contributed by atoms with E-state index in [1.54, 1.807) is 0 Å². The van der Waals surface area contributed by atoms with Crippen LogP contribution in [0, 0.1) is 5.92 Å². The van der Waals surface area contributed by atoms with Crippen molar-refractivity contribution in [3.63, 3.8) is 0 Å². The Morgan fingerprint density at radius 1 is 1.25 bits per heavy atom. The molecule has 0 spiro atoms. The van der Waals surface area contributed by atoms with E-state index < -0.39 is 23.8 Å². The normalized spacial score (nSPS) is 17.9. The van der Waals surface area contributed by atoms with E-state index in [1.165, 1.54) is 0 Å². The van der Waals surface area contributed by atoms with E-state index in [9.17, 15) is 14.7 Å². The van der Waals surface area contributed by atoms with E-state index in [-0.39, 0.29) is 12.5 Å². The van der Waals surface area contributed by atoms with Crippen LogP contribution in [0.25, 0.3) is 0 Å². The van der Waals surface area contributed by atoms with Gasteiger partial charge in [0.1, 0.15) is 5.92 Å². The van der Waals surface area contributed by atoms with Crippen LogP contribution in [0.3, 0.4) is 0 Å². The number of nitrogens with two attached hydrogens (primary N) is 1. The summed E-state index contributed by atoms with van der Waals surface area (Å²) in [5, 5.41) is 13.0. The molecule has 0 aromatic heterocycles. The molecule has 6 heteroatoms. The maximum absolute atomic E-state index is 12.3. The maximum atomic E-state index is 12.3. The number of carbonyl (C=O) groups is 2. The van der Waals surface area contributed by atoms with E-state index >= 15 is 0 Å². The number of benzene rings is 1. The van der Waals surface area contributed by atoms with Crippen LogP contribution in [0.15, 0.2) is 30.3 Å². The highest BCUT2D eigenvalue weighted by molar-refractivity contribution is 5.99. The third-order valence-electron chi connectivity index (χ3n) is 4.34. The third kappa shape index (κ3) is 5.94. The number of nitrogens with one attached hydrogen (secondary N) is 1. The quantitative estimate of drug-likeness (QED) is 0.611. The smallest absolute Gasteiger partial charge is 0.232 e. The number of rotatable bonds is 8. The summed E-state index contributed by atoms with van der Waals surface area (Å²) in [4.78, 5) is 23.9. The third-order valence-corrected chi connectivity index (χ3v) is 4.34. The molecule has 0 saturated carbocycles. The Morgan fingerprint density at radius 3 is 2.54 bits per heavy atom. The average Bonchev–Trinajstić information content (AvgIpc) is 2.59. The number of ether oxygens (including phenoxy) is 1. The maximum Gasteiger partial charge on any atom is 0.232 e. The summed E-state index contributed by atoms with van der Waals surface area (Å²) < 4.78 is 5.24. The van der Waals surface area contributed by atoms with Gasteiger partial charge in [0.15, 0.2) is 0 Å². The van der Waals surface area contributed by atoms with Gasteiger partial charge in [0.2, 0.25) is 11.8 Å². The number of aliphatic hydroxyl groups is 1. The predicted octanol–water partition coefficient (Wildman–Crippen LogP) is 0.767. The number of aryl methyl sites for hydroxylation is 1. The van der Waals surface area contributed by atoms with Crippen molar-refractivity contribution in [2.24, 2.45) is 11.7 Å². The largest absolute Gasteiger partial charge is 0.393 e. The van der Waals surface area contributed by atoms with Crippen molar-refractivity contribution in [3.8, 4) is 0 Å². The van der Waals surface area contributed by atoms with Crippen LogP contribution in [0.4, 0.5) is 0 Å². The summed E-state index contributed by atoms with van der Waals surface area (Å²) in [6, 6.07) is 9.79. The number of primary amides is 1. The van der Waals surface area contributed by atoms with Gasteiger partial charge in [0.05, 0.1) is 6.10 Å². The second-order valence-electron chi connectivity index (χ2n) is 6.26. The number of hydrogen-bond acceptors (Lipinski definition) is 4. The van der Waals surface area contributed by atoms with Gasteiger partial charge in [-0.2, -0.15) is 0 Å². The van der Waals surface area contributed by atoms with Crippen LogP contribution in [-0.4, -0.2) is 42.3 Å². The van der Waals surface area contributed by atoms with Crippen molar-refractivity contribution in [3.05, 3.63) is 35.9 Å². The van der Waals surface area contributed by atoms with Crippen molar-refractivity contribution in [2.75, 3.05) is 13.2 Å². The topological polar surface area (TPSA) is 102 Å². The van der Waals surface area contributed by atoms with Crippen molar-refractivity contribution in [1.29, 1.82) is 0 Å². The summed E-state index contributed by atoms with van der Waals surface area (Å²) in [5.41, 5.74) is 6.47.